The number of nitrogens with one attached hydrogen (secondary N) is 1. The van der Waals surface area contributed by atoms with Crippen LogP contribution in [0, 0.1) is 5.82 Å². The van der Waals surface area contributed by atoms with E-state index in [2.05, 4.69) is 20.3 Å². The maximum atomic E-state index is 13.8. The van der Waals surface area contributed by atoms with Crippen LogP contribution in [0.3, 0.4) is 0 Å². The van der Waals surface area contributed by atoms with Crippen molar-refractivity contribution in [2.24, 2.45) is 7.05 Å². The summed E-state index contributed by atoms with van der Waals surface area (Å²) in [5.74, 6) is -0.235. The molecular weight excluding hydrogens is 333 g/mol. The predicted molar refractivity (Wildman–Crippen MR) is 93.9 cm³/mol. The van der Waals surface area contributed by atoms with Gasteiger partial charge in [-0.1, -0.05) is 18.2 Å². The second-order valence-electron chi connectivity index (χ2n) is 6.52. The summed E-state index contributed by atoms with van der Waals surface area (Å²) in [6.45, 7) is 0. The summed E-state index contributed by atoms with van der Waals surface area (Å²) in [5.41, 5.74) is 2.17. The van der Waals surface area contributed by atoms with E-state index in [9.17, 15) is 9.18 Å². The molecule has 4 rings (SSSR count). The van der Waals surface area contributed by atoms with E-state index in [-0.39, 0.29) is 29.5 Å². The van der Waals surface area contributed by atoms with Crippen LogP contribution in [0.1, 0.15) is 34.9 Å². The van der Waals surface area contributed by atoms with Gasteiger partial charge in [-0.3, -0.25) is 4.79 Å². The normalized spacial score (nSPS) is 19.0. The van der Waals surface area contributed by atoms with Crippen LogP contribution in [0.15, 0.2) is 49.1 Å². The quantitative estimate of drug-likeness (QED) is 0.784. The number of imidazole rings is 1. The molecule has 1 aliphatic rings. The molecular formula is C19H18FN5O. The van der Waals surface area contributed by atoms with Gasteiger partial charge in [0.15, 0.2) is 0 Å². The number of benzene rings is 1. The van der Waals surface area contributed by atoms with E-state index in [1.165, 1.54) is 6.07 Å². The highest BCUT2D eigenvalue weighted by Gasteiger charge is 2.33. The van der Waals surface area contributed by atoms with Crippen molar-refractivity contribution < 1.29 is 9.18 Å². The molecule has 1 aliphatic carbocycles. The summed E-state index contributed by atoms with van der Waals surface area (Å²) >= 11 is 0. The molecule has 1 amide bonds. The van der Waals surface area contributed by atoms with E-state index in [1.54, 1.807) is 36.9 Å². The van der Waals surface area contributed by atoms with E-state index >= 15 is 0 Å². The first-order valence-corrected chi connectivity index (χ1v) is 8.47. The van der Waals surface area contributed by atoms with Gasteiger partial charge in [0.1, 0.15) is 5.82 Å². The molecule has 0 unspecified atom stereocenters. The van der Waals surface area contributed by atoms with Crippen molar-refractivity contribution in [3.63, 3.8) is 0 Å². The predicted octanol–water partition coefficient (Wildman–Crippen LogP) is 2.69. The van der Waals surface area contributed by atoms with Crippen molar-refractivity contribution in [2.75, 3.05) is 0 Å². The first kappa shape index (κ1) is 16.4. The molecule has 0 atom stereocenters. The molecule has 132 valence electrons. The Morgan fingerprint density at radius 3 is 2.81 bits per heavy atom. The second-order valence-corrected chi connectivity index (χ2v) is 6.52. The molecule has 0 spiro atoms. The Balaban J connectivity index is 1.41. The van der Waals surface area contributed by atoms with Gasteiger partial charge in [0.05, 0.1) is 23.9 Å². The van der Waals surface area contributed by atoms with Gasteiger partial charge in [0, 0.05) is 19.3 Å². The number of hydrogen-bond acceptors (Lipinski definition) is 4. The number of aryl methyl sites for hydroxylation is 1. The maximum Gasteiger partial charge on any atom is 0.289 e. The van der Waals surface area contributed by atoms with Crippen LogP contribution in [0.4, 0.5) is 4.39 Å². The van der Waals surface area contributed by atoms with E-state index in [0.717, 1.165) is 5.69 Å². The summed E-state index contributed by atoms with van der Waals surface area (Å²) in [4.78, 5) is 24.9. The molecule has 1 saturated carbocycles. The lowest BCUT2D eigenvalue weighted by Crippen LogP contribution is -2.44. The molecule has 1 aromatic carbocycles. The van der Waals surface area contributed by atoms with Gasteiger partial charge < -0.3 is 9.88 Å². The molecule has 3 aromatic rings. The van der Waals surface area contributed by atoms with Gasteiger partial charge >= 0.3 is 0 Å². The number of hydrogen-bond donors (Lipinski definition) is 1. The topological polar surface area (TPSA) is 72.7 Å². The van der Waals surface area contributed by atoms with E-state index < -0.39 is 0 Å². The van der Waals surface area contributed by atoms with Crippen LogP contribution in [-0.2, 0) is 7.05 Å². The fourth-order valence-electron chi connectivity index (χ4n) is 3.26. The highest BCUT2D eigenvalue weighted by Crippen LogP contribution is 2.38. The number of carbonyl (C=O) groups is 1. The third-order valence-corrected chi connectivity index (χ3v) is 4.76. The third kappa shape index (κ3) is 3.08. The number of carbonyl (C=O) groups excluding carboxylic acids is 1. The summed E-state index contributed by atoms with van der Waals surface area (Å²) < 4.78 is 15.6. The minimum atomic E-state index is -0.314. The summed E-state index contributed by atoms with van der Waals surface area (Å²) in [5, 5.41) is 2.93. The largest absolute Gasteiger partial charge is 0.347 e. The van der Waals surface area contributed by atoms with Crippen LogP contribution in [-0.4, -0.2) is 31.5 Å². The summed E-state index contributed by atoms with van der Waals surface area (Å²) in [7, 11) is 1.86. The molecule has 0 aliphatic heterocycles. The molecule has 0 bridgehead atoms. The lowest BCUT2D eigenvalue weighted by molar-refractivity contribution is 0.0898. The Morgan fingerprint density at radius 1 is 1.27 bits per heavy atom. The van der Waals surface area contributed by atoms with Gasteiger partial charge in [0.25, 0.3) is 5.91 Å². The number of nitrogens with zero attached hydrogens (tertiary/aromatic N) is 4. The number of amides is 1. The fraction of sp³-hybridized carbons (Fsp3) is 0.263. The molecule has 0 saturated heterocycles. The van der Waals surface area contributed by atoms with E-state index in [4.69, 9.17) is 0 Å². The molecule has 0 radical (unpaired) electrons. The monoisotopic (exact) mass is 351 g/mol. The smallest absolute Gasteiger partial charge is 0.289 e. The van der Waals surface area contributed by atoms with Gasteiger partial charge in [0.2, 0.25) is 5.82 Å². The van der Waals surface area contributed by atoms with Crippen LogP contribution in [0.2, 0.25) is 0 Å². The SMILES string of the molecule is Cn1cncc1-c1ccnc(C(=O)N[C@H]2C[C@H](c3ccccc3F)C2)n1. The van der Waals surface area contributed by atoms with Crippen molar-refractivity contribution >= 4 is 5.91 Å². The molecule has 1 N–H and O–H groups in total. The van der Waals surface area contributed by atoms with Gasteiger partial charge in [-0.2, -0.15) is 0 Å². The fourth-order valence-corrected chi connectivity index (χ4v) is 3.26. The Kier molecular flexibility index (Phi) is 4.20. The maximum absolute atomic E-state index is 13.8. The van der Waals surface area contributed by atoms with E-state index in [0.29, 0.717) is 24.1 Å². The zero-order chi connectivity index (χ0) is 18.1. The summed E-state index contributed by atoms with van der Waals surface area (Å²) in [6, 6.07) is 8.55. The zero-order valence-electron chi connectivity index (χ0n) is 14.3. The lowest BCUT2D eigenvalue weighted by atomic mass is 9.75. The van der Waals surface area contributed by atoms with E-state index in [1.807, 2.05) is 17.7 Å². The second kappa shape index (κ2) is 6.67. The van der Waals surface area contributed by atoms with Crippen LogP contribution >= 0.6 is 0 Å². The Morgan fingerprint density at radius 2 is 2.08 bits per heavy atom. The highest BCUT2D eigenvalue weighted by molar-refractivity contribution is 5.91. The number of aromatic nitrogens is 4. The number of halogens is 1. The molecule has 6 nitrogen and oxygen atoms in total. The van der Waals surface area contributed by atoms with Crippen LogP contribution in [0.5, 0.6) is 0 Å². The highest BCUT2D eigenvalue weighted by atomic mass is 19.1. The van der Waals surface area contributed by atoms with Crippen LogP contribution in [0.25, 0.3) is 11.4 Å². The first-order chi connectivity index (χ1) is 12.6. The zero-order valence-corrected chi connectivity index (χ0v) is 14.3. The van der Waals surface area contributed by atoms with Crippen molar-refractivity contribution in [3.05, 3.63) is 66.3 Å². The standard InChI is InChI=1S/C19H18FN5O/c1-25-11-21-10-17(25)16-6-7-22-18(24-16)19(26)23-13-8-12(9-13)14-4-2-3-5-15(14)20/h2-7,10-13H,8-9H2,1H3,(H,23,26)/t12-,13-. The average Bonchev–Trinajstić information content (AvgIpc) is 3.04. The van der Waals surface area contributed by atoms with Crippen molar-refractivity contribution in [2.45, 2.75) is 24.8 Å². The van der Waals surface area contributed by atoms with Crippen LogP contribution < -0.4 is 5.32 Å². The van der Waals surface area contributed by atoms with Gasteiger partial charge in [-0.05, 0) is 36.5 Å². The minimum absolute atomic E-state index is 0.0102. The third-order valence-electron chi connectivity index (χ3n) is 4.76. The molecule has 7 heteroatoms. The Labute approximate surface area is 150 Å². The average molecular weight is 351 g/mol. The Bertz CT molecular complexity index is 948. The van der Waals surface area contributed by atoms with Gasteiger partial charge in [-0.25, -0.2) is 19.3 Å². The Hall–Kier alpha value is -3.09. The summed E-state index contributed by atoms with van der Waals surface area (Å²) in [6.07, 6.45) is 6.36. The molecule has 2 heterocycles. The van der Waals surface area contributed by atoms with Gasteiger partial charge in [-0.15, -0.1) is 0 Å². The number of rotatable bonds is 4. The molecule has 1 fully saturated rings. The van der Waals surface area contributed by atoms with Crippen molar-refractivity contribution in [1.29, 1.82) is 0 Å². The van der Waals surface area contributed by atoms with Crippen molar-refractivity contribution in [1.82, 2.24) is 24.8 Å². The lowest BCUT2D eigenvalue weighted by Gasteiger charge is -2.36. The molecule has 2 aromatic heterocycles. The van der Waals surface area contributed by atoms with Crippen molar-refractivity contribution in [3.8, 4) is 11.4 Å². The minimum Gasteiger partial charge on any atom is -0.347 e. The molecule has 26 heavy (non-hydrogen) atoms. The first-order valence-electron chi connectivity index (χ1n) is 8.47.